The van der Waals surface area contributed by atoms with Gasteiger partial charge in [-0.1, -0.05) is 57.4 Å². The second kappa shape index (κ2) is 7.05. The molecule has 1 unspecified atom stereocenters. The number of halogens is 1. The van der Waals surface area contributed by atoms with Gasteiger partial charge in [0.25, 0.3) is 0 Å². The third-order valence-electron chi connectivity index (χ3n) is 3.57. The predicted molar refractivity (Wildman–Crippen MR) is 90.3 cm³/mol. The molecule has 0 fully saturated rings. The number of likely N-dealkylation sites (N-methyl/N-ethyl adjacent to an activating group) is 1. The van der Waals surface area contributed by atoms with Crippen LogP contribution in [0.2, 0.25) is 0 Å². The standard InChI is InChI=1S/C18H22BrN/c1-13-8-14(2)10-16(9-13)12-18(20-3)11-15-4-6-17(19)7-5-15/h4-10,18,20H,11-12H2,1-3H3. The first kappa shape index (κ1) is 15.3. The van der Waals surface area contributed by atoms with Crippen molar-refractivity contribution in [3.63, 3.8) is 0 Å². The van der Waals surface area contributed by atoms with Crippen LogP contribution >= 0.6 is 15.9 Å². The van der Waals surface area contributed by atoms with E-state index in [2.05, 4.69) is 77.6 Å². The van der Waals surface area contributed by atoms with E-state index >= 15 is 0 Å². The molecular weight excluding hydrogens is 310 g/mol. The zero-order valence-electron chi connectivity index (χ0n) is 12.4. The molecule has 106 valence electrons. The van der Waals surface area contributed by atoms with Crippen LogP contribution < -0.4 is 5.32 Å². The van der Waals surface area contributed by atoms with Crippen molar-refractivity contribution >= 4 is 15.9 Å². The molecule has 0 radical (unpaired) electrons. The molecule has 0 aliphatic carbocycles. The molecule has 0 amide bonds. The molecule has 1 atom stereocenters. The van der Waals surface area contributed by atoms with Crippen LogP contribution in [0.5, 0.6) is 0 Å². The smallest absolute Gasteiger partial charge is 0.0175 e. The van der Waals surface area contributed by atoms with Crippen LogP contribution in [0.25, 0.3) is 0 Å². The summed E-state index contributed by atoms with van der Waals surface area (Å²) in [7, 11) is 2.05. The van der Waals surface area contributed by atoms with Gasteiger partial charge >= 0.3 is 0 Å². The van der Waals surface area contributed by atoms with E-state index in [-0.39, 0.29) is 0 Å². The number of aryl methyl sites for hydroxylation is 2. The Bertz CT molecular complexity index is 540. The molecule has 0 bridgehead atoms. The van der Waals surface area contributed by atoms with Crippen LogP contribution in [0.4, 0.5) is 0 Å². The largest absolute Gasteiger partial charge is 0.316 e. The van der Waals surface area contributed by atoms with Gasteiger partial charge in [-0.25, -0.2) is 0 Å². The molecule has 0 aliphatic rings. The third-order valence-corrected chi connectivity index (χ3v) is 4.10. The number of rotatable bonds is 5. The van der Waals surface area contributed by atoms with Crippen molar-refractivity contribution in [3.05, 3.63) is 69.2 Å². The number of hydrogen-bond acceptors (Lipinski definition) is 1. The number of hydrogen-bond donors (Lipinski definition) is 1. The Balaban J connectivity index is 2.06. The highest BCUT2D eigenvalue weighted by atomic mass is 79.9. The van der Waals surface area contributed by atoms with Crippen LogP contribution in [-0.4, -0.2) is 13.1 Å². The molecule has 0 saturated carbocycles. The molecular formula is C18H22BrN. The normalized spacial score (nSPS) is 12.4. The van der Waals surface area contributed by atoms with Crippen LogP contribution in [0, 0.1) is 13.8 Å². The first-order valence-corrected chi connectivity index (χ1v) is 7.85. The Labute approximate surface area is 130 Å². The van der Waals surface area contributed by atoms with Crippen LogP contribution in [-0.2, 0) is 12.8 Å². The lowest BCUT2D eigenvalue weighted by Gasteiger charge is -2.17. The lowest BCUT2D eigenvalue weighted by atomic mass is 9.97. The Kier molecular flexibility index (Phi) is 5.38. The molecule has 1 N–H and O–H groups in total. The Morgan fingerprint density at radius 1 is 0.900 bits per heavy atom. The summed E-state index contributed by atoms with van der Waals surface area (Å²) in [6.07, 6.45) is 2.12. The molecule has 0 aromatic heterocycles. The second-order valence-electron chi connectivity index (χ2n) is 5.52. The average molecular weight is 332 g/mol. The van der Waals surface area contributed by atoms with Gasteiger partial charge in [0.1, 0.15) is 0 Å². The molecule has 2 rings (SSSR count). The van der Waals surface area contributed by atoms with Gasteiger partial charge < -0.3 is 5.32 Å². The predicted octanol–water partition coefficient (Wildman–Crippen LogP) is 4.44. The zero-order chi connectivity index (χ0) is 14.5. The highest BCUT2D eigenvalue weighted by Crippen LogP contribution is 2.15. The topological polar surface area (TPSA) is 12.0 Å². The van der Waals surface area contributed by atoms with Gasteiger partial charge in [-0.05, 0) is 57.0 Å². The van der Waals surface area contributed by atoms with E-state index in [4.69, 9.17) is 0 Å². The van der Waals surface area contributed by atoms with Crippen molar-refractivity contribution in [2.45, 2.75) is 32.7 Å². The van der Waals surface area contributed by atoms with Gasteiger partial charge in [0.15, 0.2) is 0 Å². The first-order chi connectivity index (χ1) is 9.56. The van der Waals surface area contributed by atoms with Crippen LogP contribution in [0.1, 0.15) is 22.3 Å². The summed E-state index contributed by atoms with van der Waals surface area (Å²) in [6, 6.07) is 15.9. The average Bonchev–Trinajstić information content (AvgIpc) is 2.39. The maximum Gasteiger partial charge on any atom is 0.0175 e. The van der Waals surface area contributed by atoms with Crippen molar-refractivity contribution < 1.29 is 0 Å². The first-order valence-electron chi connectivity index (χ1n) is 7.05. The molecule has 0 saturated heterocycles. The summed E-state index contributed by atoms with van der Waals surface area (Å²) in [5.41, 5.74) is 5.48. The molecule has 20 heavy (non-hydrogen) atoms. The quantitative estimate of drug-likeness (QED) is 0.854. The minimum atomic E-state index is 0.470. The van der Waals surface area contributed by atoms with Gasteiger partial charge in [-0.3, -0.25) is 0 Å². The van der Waals surface area contributed by atoms with Crippen molar-refractivity contribution in [2.24, 2.45) is 0 Å². The second-order valence-corrected chi connectivity index (χ2v) is 6.43. The van der Waals surface area contributed by atoms with Crippen LogP contribution in [0.15, 0.2) is 46.9 Å². The lowest BCUT2D eigenvalue weighted by molar-refractivity contribution is 0.556. The number of nitrogens with one attached hydrogen (secondary N) is 1. The molecule has 2 aromatic rings. The Morgan fingerprint density at radius 3 is 2.00 bits per heavy atom. The fourth-order valence-electron chi connectivity index (χ4n) is 2.65. The molecule has 1 nitrogen and oxygen atoms in total. The minimum absolute atomic E-state index is 0.470. The van der Waals surface area contributed by atoms with Gasteiger partial charge in [0.2, 0.25) is 0 Å². The summed E-state index contributed by atoms with van der Waals surface area (Å²) < 4.78 is 1.14. The molecule has 0 heterocycles. The van der Waals surface area contributed by atoms with Crippen molar-refractivity contribution in [1.29, 1.82) is 0 Å². The number of benzene rings is 2. The zero-order valence-corrected chi connectivity index (χ0v) is 14.0. The SMILES string of the molecule is CNC(Cc1ccc(Br)cc1)Cc1cc(C)cc(C)c1. The summed E-state index contributed by atoms with van der Waals surface area (Å²) in [6.45, 7) is 4.33. The van der Waals surface area contributed by atoms with E-state index in [1.807, 2.05) is 7.05 Å². The monoisotopic (exact) mass is 331 g/mol. The molecule has 0 aliphatic heterocycles. The summed E-state index contributed by atoms with van der Waals surface area (Å²) >= 11 is 3.48. The summed E-state index contributed by atoms with van der Waals surface area (Å²) in [4.78, 5) is 0. The van der Waals surface area contributed by atoms with E-state index in [1.54, 1.807) is 0 Å². The minimum Gasteiger partial charge on any atom is -0.316 e. The van der Waals surface area contributed by atoms with Crippen molar-refractivity contribution in [1.82, 2.24) is 5.32 Å². The fraction of sp³-hybridized carbons (Fsp3) is 0.333. The molecule has 2 heteroatoms. The van der Waals surface area contributed by atoms with E-state index < -0.39 is 0 Å². The highest BCUT2D eigenvalue weighted by molar-refractivity contribution is 9.10. The Morgan fingerprint density at radius 2 is 1.45 bits per heavy atom. The van der Waals surface area contributed by atoms with Gasteiger partial charge in [-0.2, -0.15) is 0 Å². The van der Waals surface area contributed by atoms with E-state index in [1.165, 1.54) is 22.3 Å². The summed E-state index contributed by atoms with van der Waals surface area (Å²) in [5.74, 6) is 0. The van der Waals surface area contributed by atoms with Gasteiger partial charge in [0, 0.05) is 10.5 Å². The van der Waals surface area contributed by atoms with Crippen molar-refractivity contribution in [2.75, 3.05) is 7.05 Å². The van der Waals surface area contributed by atoms with Gasteiger partial charge in [-0.15, -0.1) is 0 Å². The maximum absolute atomic E-state index is 3.48. The highest BCUT2D eigenvalue weighted by Gasteiger charge is 2.09. The van der Waals surface area contributed by atoms with Gasteiger partial charge in [0.05, 0.1) is 0 Å². The lowest BCUT2D eigenvalue weighted by Crippen LogP contribution is -2.29. The van der Waals surface area contributed by atoms with Crippen LogP contribution in [0.3, 0.4) is 0 Å². The fourth-order valence-corrected chi connectivity index (χ4v) is 2.92. The van der Waals surface area contributed by atoms with Crippen molar-refractivity contribution in [3.8, 4) is 0 Å². The third kappa shape index (κ3) is 4.46. The molecule has 2 aromatic carbocycles. The van der Waals surface area contributed by atoms with E-state index in [0.717, 1.165) is 17.3 Å². The Hall–Kier alpha value is -1.12. The summed E-state index contributed by atoms with van der Waals surface area (Å²) in [5, 5.41) is 3.44. The molecule has 0 spiro atoms. The maximum atomic E-state index is 3.48. The van der Waals surface area contributed by atoms with E-state index in [0.29, 0.717) is 6.04 Å². The van der Waals surface area contributed by atoms with E-state index in [9.17, 15) is 0 Å².